The molecule has 0 saturated carbocycles. The van der Waals surface area contributed by atoms with Gasteiger partial charge in [-0.05, 0) is 71.3 Å². The van der Waals surface area contributed by atoms with Gasteiger partial charge in [0.15, 0.2) is 5.11 Å². The Balaban J connectivity index is 2.01. The first-order chi connectivity index (χ1) is 9.95. The van der Waals surface area contributed by atoms with Crippen LogP contribution in [0.3, 0.4) is 0 Å². The second-order valence-corrected chi connectivity index (χ2v) is 6.42. The summed E-state index contributed by atoms with van der Waals surface area (Å²) >= 11 is 14.8. The normalized spacial score (nSPS) is 11.8. The van der Waals surface area contributed by atoms with E-state index in [0.29, 0.717) is 16.0 Å². The molecule has 0 radical (unpaired) electrons. The first-order valence-electron chi connectivity index (χ1n) is 6.41. The third-order valence-corrected chi connectivity index (χ3v) is 3.97. The van der Waals surface area contributed by atoms with Crippen molar-refractivity contribution >= 4 is 50.7 Å². The van der Waals surface area contributed by atoms with Gasteiger partial charge < -0.3 is 10.6 Å². The Labute approximate surface area is 143 Å². The van der Waals surface area contributed by atoms with Gasteiger partial charge in [-0.2, -0.15) is 0 Å². The topological polar surface area (TPSA) is 37.0 Å². The minimum absolute atomic E-state index is 0.0490. The fraction of sp³-hybridized carbons (Fsp3) is 0.200. The Morgan fingerprint density at radius 3 is 2.81 bits per heavy atom. The number of thiocarbonyl (C=S) groups is 1. The highest BCUT2D eigenvalue weighted by Crippen LogP contribution is 2.21. The molecule has 0 fully saturated rings. The Morgan fingerprint density at radius 1 is 1.38 bits per heavy atom. The molecule has 0 spiro atoms. The molecule has 0 amide bonds. The highest BCUT2D eigenvalue weighted by atomic mass is 79.9. The van der Waals surface area contributed by atoms with Crippen molar-refractivity contribution in [3.63, 3.8) is 0 Å². The average Bonchev–Trinajstić information content (AvgIpc) is 2.42. The highest BCUT2D eigenvalue weighted by Gasteiger charge is 2.09. The molecule has 1 aromatic carbocycles. The van der Waals surface area contributed by atoms with E-state index in [4.69, 9.17) is 23.8 Å². The van der Waals surface area contributed by atoms with Gasteiger partial charge in [-0.1, -0.05) is 23.7 Å². The molecule has 0 bridgehead atoms. The molecule has 2 N–H and O–H groups in total. The van der Waals surface area contributed by atoms with E-state index in [1.54, 1.807) is 6.20 Å². The summed E-state index contributed by atoms with van der Waals surface area (Å²) < 4.78 is 0.877. The van der Waals surface area contributed by atoms with Gasteiger partial charge in [0.25, 0.3) is 0 Å². The van der Waals surface area contributed by atoms with Crippen molar-refractivity contribution in [2.45, 2.75) is 19.9 Å². The van der Waals surface area contributed by atoms with E-state index in [-0.39, 0.29) is 6.04 Å². The molecular formula is C15H15BrClN3S. The smallest absolute Gasteiger partial charge is 0.172 e. The second-order valence-electron chi connectivity index (χ2n) is 4.72. The summed E-state index contributed by atoms with van der Waals surface area (Å²) in [7, 11) is 0. The van der Waals surface area contributed by atoms with Crippen LogP contribution in [0.1, 0.15) is 24.1 Å². The van der Waals surface area contributed by atoms with Gasteiger partial charge in [0, 0.05) is 11.2 Å². The van der Waals surface area contributed by atoms with E-state index in [0.717, 1.165) is 15.6 Å². The van der Waals surface area contributed by atoms with Crippen LogP contribution in [0.5, 0.6) is 0 Å². The van der Waals surface area contributed by atoms with Crippen molar-refractivity contribution in [2.24, 2.45) is 0 Å². The van der Waals surface area contributed by atoms with Crippen molar-refractivity contribution in [3.8, 4) is 0 Å². The van der Waals surface area contributed by atoms with Gasteiger partial charge in [-0.3, -0.25) is 0 Å². The number of aromatic nitrogens is 1. The van der Waals surface area contributed by atoms with Crippen molar-refractivity contribution in [2.75, 3.05) is 5.32 Å². The summed E-state index contributed by atoms with van der Waals surface area (Å²) in [6.07, 6.45) is 1.79. The largest absolute Gasteiger partial charge is 0.356 e. The maximum absolute atomic E-state index is 6.00. The Morgan fingerprint density at radius 2 is 2.14 bits per heavy atom. The number of pyridine rings is 1. The molecule has 0 aliphatic carbocycles. The van der Waals surface area contributed by atoms with E-state index < -0.39 is 0 Å². The van der Waals surface area contributed by atoms with Crippen LogP contribution in [0.4, 0.5) is 5.82 Å². The molecule has 1 atom stereocenters. The first-order valence-corrected chi connectivity index (χ1v) is 7.99. The zero-order chi connectivity index (χ0) is 15.4. The minimum atomic E-state index is 0.0490. The molecule has 2 aromatic rings. The molecule has 0 aliphatic heterocycles. The molecule has 1 aromatic heterocycles. The monoisotopic (exact) mass is 383 g/mol. The summed E-state index contributed by atoms with van der Waals surface area (Å²) in [6, 6.07) is 9.73. The zero-order valence-electron chi connectivity index (χ0n) is 11.7. The van der Waals surface area contributed by atoms with Crippen LogP contribution in [0.25, 0.3) is 0 Å². The number of nitrogens with one attached hydrogen (secondary N) is 2. The van der Waals surface area contributed by atoms with Gasteiger partial charge in [0.2, 0.25) is 0 Å². The van der Waals surface area contributed by atoms with Crippen LogP contribution in [0.2, 0.25) is 5.02 Å². The van der Waals surface area contributed by atoms with Crippen molar-refractivity contribution < 1.29 is 0 Å². The number of anilines is 1. The quantitative estimate of drug-likeness (QED) is 0.742. The minimum Gasteiger partial charge on any atom is -0.356 e. The van der Waals surface area contributed by atoms with Crippen LogP contribution in [0, 0.1) is 6.92 Å². The predicted octanol–water partition coefficient (Wildman–Crippen LogP) is 4.85. The van der Waals surface area contributed by atoms with E-state index >= 15 is 0 Å². The summed E-state index contributed by atoms with van der Waals surface area (Å²) in [5.74, 6) is 0.691. The van der Waals surface area contributed by atoms with E-state index in [1.165, 1.54) is 0 Å². The molecule has 110 valence electrons. The van der Waals surface area contributed by atoms with Crippen LogP contribution < -0.4 is 10.6 Å². The van der Waals surface area contributed by atoms with Crippen molar-refractivity contribution in [1.82, 2.24) is 10.3 Å². The summed E-state index contributed by atoms with van der Waals surface area (Å²) in [5, 5.41) is 7.52. The van der Waals surface area contributed by atoms with Crippen LogP contribution in [-0.4, -0.2) is 10.1 Å². The molecule has 0 aliphatic rings. The molecule has 6 heteroatoms. The molecule has 1 unspecified atom stereocenters. The first kappa shape index (κ1) is 16.2. The fourth-order valence-electron chi connectivity index (χ4n) is 1.83. The highest BCUT2D eigenvalue weighted by molar-refractivity contribution is 9.10. The number of hydrogen-bond donors (Lipinski definition) is 2. The van der Waals surface area contributed by atoms with Crippen molar-refractivity contribution in [1.29, 1.82) is 0 Å². The average molecular weight is 385 g/mol. The van der Waals surface area contributed by atoms with Gasteiger partial charge in [-0.15, -0.1) is 0 Å². The standard InChI is InChI=1S/C15H15BrClN3S/c1-9-6-13(16)14(18-8-9)20-15(21)19-10(2)11-4-3-5-12(17)7-11/h3-8,10H,1-2H3,(H2,18,19,20,21). The molecule has 21 heavy (non-hydrogen) atoms. The third-order valence-electron chi connectivity index (χ3n) is 2.91. The molecular weight excluding hydrogens is 370 g/mol. The van der Waals surface area contributed by atoms with Gasteiger partial charge >= 0.3 is 0 Å². The number of benzene rings is 1. The van der Waals surface area contributed by atoms with Gasteiger partial charge in [0.1, 0.15) is 5.82 Å². The predicted molar refractivity (Wildman–Crippen MR) is 95.9 cm³/mol. The lowest BCUT2D eigenvalue weighted by Gasteiger charge is -2.17. The van der Waals surface area contributed by atoms with Gasteiger partial charge in [0.05, 0.1) is 10.5 Å². The van der Waals surface area contributed by atoms with Crippen LogP contribution in [0.15, 0.2) is 41.0 Å². The number of halogens is 2. The number of nitrogens with zero attached hydrogens (tertiary/aromatic N) is 1. The SMILES string of the molecule is Cc1cnc(NC(=S)NC(C)c2cccc(Cl)c2)c(Br)c1. The number of hydrogen-bond acceptors (Lipinski definition) is 2. The molecule has 1 heterocycles. The van der Waals surface area contributed by atoms with Gasteiger partial charge in [-0.25, -0.2) is 4.98 Å². The zero-order valence-corrected chi connectivity index (χ0v) is 14.8. The van der Waals surface area contributed by atoms with Crippen LogP contribution >= 0.6 is 39.7 Å². The maximum atomic E-state index is 6.00. The fourth-order valence-corrected chi connectivity index (χ4v) is 2.86. The van der Waals surface area contributed by atoms with E-state index in [1.807, 2.05) is 44.2 Å². The number of rotatable bonds is 3. The Hall–Kier alpha value is -1.17. The third kappa shape index (κ3) is 4.66. The molecule has 3 nitrogen and oxygen atoms in total. The maximum Gasteiger partial charge on any atom is 0.172 e. The lowest BCUT2D eigenvalue weighted by Crippen LogP contribution is -2.31. The second kappa shape index (κ2) is 7.20. The number of aryl methyl sites for hydroxylation is 1. The summed E-state index contributed by atoms with van der Waals surface area (Å²) in [6.45, 7) is 4.01. The van der Waals surface area contributed by atoms with E-state index in [2.05, 4.69) is 31.5 Å². The van der Waals surface area contributed by atoms with Crippen molar-refractivity contribution in [3.05, 3.63) is 57.2 Å². The Kier molecular flexibility index (Phi) is 5.56. The van der Waals surface area contributed by atoms with Crippen LogP contribution in [-0.2, 0) is 0 Å². The Bertz CT molecular complexity index is 663. The molecule has 0 saturated heterocycles. The summed E-state index contributed by atoms with van der Waals surface area (Å²) in [5.41, 5.74) is 2.15. The lowest BCUT2D eigenvalue weighted by molar-refractivity contribution is 0.722. The van der Waals surface area contributed by atoms with E-state index in [9.17, 15) is 0 Å². The lowest BCUT2D eigenvalue weighted by atomic mass is 10.1. The summed E-state index contributed by atoms with van der Waals surface area (Å²) in [4.78, 5) is 4.31. The molecule has 2 rings (SSSR count).